The molecule has 4 heteroatoms. The molecule has 0 radical (unpaired) electrons. The summed E-state index contributed by atoms with van der Waals surface area (Å²) >= 11 is 0. The van der Waals surface area contributed by atoms with Crippen LogP contribution in [-0.4, -0.2) is 61.2 Å². The Kier molecular flexibility index (Phi) is 10.8. The van der Waals surface area contributed by atoms with Gasteiger partial charge in [0.2, 0.25) is 0 Å². The molecule has 0 bridgehead atoms. The van der Waals surface area contributed by atoms with E-state index in [2.05, 4.69) is 54.8 Å². The summed E-state index contributed by atoms with van der Waals surface area (Å²) < 4.78 is 0. The van der Waals surface area contributed by atoms with Crippen LogP contribution in [0.15, 0.2) is 35.3 Å². The second-order valence-corrected chi connectivity index (χ2v) is 5.89. The quantitative estimate of drug-likeness (QED) is 0.255. The van der Waals surface area contributed by atoms with E-state index in [9.17, 15) is 4.79 Å². The number of aliphatic imine (C=N–C) groups is 1. The van der Waals surface area contributed by atoms with Gasteiger partial charge >= 0.3 is 0 Å². The maximum Gasteiger partial charge on any atom is 0.130 e. The molecule has 0 aliphatic carbocycles. The third-order valence-corrected chi connectivity index (χ3v) is 4.15. The van der Waals surface area contributed by atoms with Gasteiger partial charge < -0.3 is 14.6 Å². The van der Waals surface area contributed by atoms with Crippen LogP contribution in [0.4, 0.5) is 0 Å². The van der Waals surface area contributed by atoms with Crippen LogP contribution in [0.5, 0.6) is 0 Å². The van der Waals surface area contributed by atoms with Crippen LogP contribution in [0.2, 0.25) is 0 Å². The van der Waals surface area contributed by atoms with Gasteiger partial charge in [0.05, 0.1) is 6.54 Å². The second-order valence-electron chi connectivity index (χ2n) is 5.89. The van der Waals surface area contributed by atoms with E-state index in [0.717, 1.165) is 69.8 Å². The molecule has 0 aromatic heterocycles. The van der Waals surface area contributed by atoms with Gasteiger partial charge in [0.25, 0.3) is 0 Å². The molecule has 0 spiro atoms. The van der Waals surface area contributed by atoms with Crippen molar-refractivity contribution in [3.05, 3.63) is 35.9 Å². The van der Waals surface area contributed by atoms with Crippen molar-refractivity contribution in [2.24, 2.45) is 4.99 Å². The Bertz CT molecular complexity index is 469. The zero-order chi connectivity index (χ0) is 17.6. The fraction of sp³-hybridized carbons (Fsp3) is 0.600. The number of rotatable bonds is 12. The summed E-state index contributed by atoms with van der Waals surface area (Å²) in [5, 5.41) is 0. The van der Waals surface area contributed by atoms with E-state index in [1.54, 1.807) is 0 Å². The van der Waals surface area contributed by atoms with Gasteiger partial charge in [-0.25, -0.2) is 0 Å². The highest BCUT2D eigenvalue weighted by Crippen LogP contribution is 2.09. The predicted octanol–water partition coefficient (Wildman–Crippen LogP) is 3.47. The molecule has 4 nitrogen and oxygen atoms in total. The smallest absolute Gasteiger partial charge is 0.130 e. The molecule has 1 aromatic carbocycles. The fourth-order valence-corrected chi connectivity index (χ4v) is 2.76. The number of carbonyl (C=O) groups excluding carboxylic acids is 1. The number of hydrogen-bond donors (Lipinski definition) is 0. The monoisotopic (exact) mass is 331 g/mol. The first-order valence-electron chi connectivity index (χ1n) is 9.27. The summed E-state index contributed by atoms with van der Waals surface area (Å²) in [4.78, 5) is 20.3. The maximum atomic E-state index is 10.6. The summed E-state index contributed by atoms with van der Waals surface area (Å²) in [5.41, 5.74) is 1.16. The first-order valence-corrected chi connectivity index (χ1v) is 9.27. The average molecular weight is 332 g/mol. The molecular formula is C20H33N3O. The van der Waals surface area contributed by atoms with E-state index in [-0.39, 0.29) is 0 Å². The molecule has 1 rings (SSSR count). The van der Waals surface area contributed by atoms with Gasteiger partial charge in [-0.05, 0) is 25.9 Å². The van der Waals surface area contributed by atoms with Crippen LogP contribution in [0.3, 0.4) is 0 Å². The molecule has 0 aliphatic heterocycles. The number of carbonyl (C=O) groups is 1. The Balaban J connectivity index is 2.90. The van der Waals surface area contributed by atoms with Crippen LogP contribution < -0.4 is 0 Å². The number of benzene rings is 1. The molecule has 0 saturated heterocycles. The average Bonchev–Trinajstić information content (AvgIpc) is 2.62. The minimum absolute atomic E-state index is 0.613. The number of amidine groups is 1. The summed E-state index contributed by atoms with van der Waals surface area (Å²) in [7, 11) is 0. The lowest BCUT2D eigenvalue weighted by atomic mass is 10.1. The Morgan fingerprint density at radius 2 is 1.75 bits per heavy atom. The minimum Gasteiger partial charge on any atom is -0.356 e. The molecule has 1 aromatic rings. The Hall–Kier alpha value is -1.68. The molecule has 0 fully saturated rings. The van der Waals surface area contributed by atoms with Crippen molar-refractivity contribution in [1.29, 1.82) is 0 Å². The summed E-state index contributed by atoms with van der Waals surface area (Å²) in [6.45, 7) is 12.3. The molecule has 0 heterocycles. The molecule has 0 amide bonds. The molecule has 24 heavy (non-hydrogen) atoms. The molecule has 0 saturated carbocycles. The van der Waals surface area contributed by atoms with Crippen molar-refractivity contribution in [2.45, 2.75) is 40.0 Å². The van der Waals surface area contributed by atoms with E-state index in [1.165, 1.54) is 0 Å². The third-order valence-electron chi connectivity index (χ3n) is 4.15. The second kappa shape index (κ2) is 12.7. The molecule has 134 valence electrons. The van der Waals surface area contributed by atoms with E-state index < -0.39 is 0 Å². The Morgan fingerprint density at radius 1 is 1.04 bits per heavy atom. The summed E-state index contributed by atoms with van der Waals surface area (Å²) in [5.74, 6) is 1.07. The van der Waals surface area contributed by atoms with Crippen molar-refractivity contribution in [3.63, 3.8) is 0 Å². The van der Waals surface area contributed by atoms with Gasteiger partial charge in [0, 0.05) is 31.6 Å². The number of nitrogens with zero attached hydrogens (tertiary/aromatic N) is 3. The van der Waals surface area contributed by atoms with Crippen LogP contribution in [0, 0.1) is 0 Å². The highest BCUT2D eigenvalue weighted by Gasteiger charge is 2.12. The number of aldehydes is 1. The van der Waals surface area contributed by atoms with Crippen LogP contribution in [0.25, 0.3) is 0 Å². The van der Waals surface area contributed by atoms with Crippen molar-refractivity contribution < 1.29 is 4.79 Å². The normalized spacial score (nSPS) is 11.8. The van der Waals surface area contributed by atoms with Gasteiger partial charge in [0.1, 0.15) is 12.1 Å². The topological polar surface area (TPSA) is 35.9 Å². The molecule has 0 atom stereocenters. The lowest BCUT2D eigenvalue weighted by Gasteiger charge is -2.26. The van der Waals surface area contributed by atoms with Crippen LogP contribution in [0.1, 0.15) is 45.6 Å². The number of likely N-dealkylation sites (N-methyl/N-ethyl adjacent to an activating group) is 1. The summed E-state index contributed by atoms with van der Waals surface area (Å²) in [6.07, 6.45) is 3.57. The van der Waals surface area contributed by atoms with Crippen molar-refractivity contribution in [2.75, 3.05) is 39.3 Å². The van der Waals surface area contributed by atoms with Gasteiger partial charge in [-0.3, -0.25) is 4.99 Å². The first-order chi connectivity index (χ1) is 11.8. The third kappa shape index (κ3) is 7.26. The van der Waals surface area contributed by atoms with Gasteiger partial charge in [0.15, 0.2) is 0 Å². The van der Waals surface area contributed by atoms with Crippen molar-refractivity contribution in [3.8, 4) is 0 Å². The van der Waals surface area contributed by atoms with E-state index >= 15 is 0 Å². The standard InChI is InChI=1S/C20H33N3O/c1-4-15-23(16-10-11-18-24)20(19-12-8-7-9-13-19)21-14-17-22(5-2)6-3/h7-9,12-13,18H,4-6,10-11,14-17H2,1-3H3/b21-20+. The van der Waals surface area contributed by atoms with Gasteiger partial charge in [-0.1, -0.05) is 51.1 Å². The largest absolute Gasteiger partial charge is 0.356 e. The predicted molar refractivity (Wildman–Crippen MR) is 103 cm³/mol. The Morgan fingerprint density at radius 3 is 2.33 bits per heavy atom. The molecule has 0 unspecified atom stereocenters. The SMILES string of the molecule is CCCN(CCCC=O)/C(=N/CCN(CC)CC)c1ccccc1. The zero-order valence-electron chi connectivity index (χ0n) is 15.6. The first kappa shape index (κ1) is 20.4. The Labute approximate surface area is 147 Å². The van der Waals surface area contributed by atoms with E-state index in [4.69, 9.17) is 4.99 Å². The van der Waals surface area contributed by atoms with Crippen LogP contribution in [-0.2, 0) is 4.79 Å². The molecule has 0 aliphatic rings. The van der Waals surface area contributed by atoms with Gasteiger partial charge in [-0.2, -0.15) is 0 Å². The highest BCUT2D eigenvalue weighted by atomic mass is 16.1. The lowest BCUT2D eigenvalue weighted by molar-refractivity contribution is -0.107. The van der Waals surface area contributed by atoms with Crippen LogP contribution >= 0.6 is 0 Å². The highest BCUT2D eigenvalue weighted by molar-refractivity contribution is 5.98. The summed E-state index contributed by atoms with van der Waals surface area (Å²) in [6, 6.07) is 10.4. The fourth-order valence-electron chi connectivity index (χ4n) is 2.76. The zero-order valence-corrected chi connectivity index (χ0v) is 15.6. The van der Waals surface area contributed by atoms with E-state index in [0.29, 0.717) is 6.42 Å². The molecular weight excluding hydrogens is 298 g/mol. The lowest BCUT2D eigenvalue weighted by Crippen LogP contribution is -2.34. The minimum atomic E-state index is 0.613. The van der Waals surface area contributed by atoms with Gasteiger partial charge in [-0.15, -0.1) is 0 Å². The van der Waals surface area contributed by atoms with Crippen molar-refractivity contribution >= 4 is 12.1 Å². The number of hydrogen-bond acceptors (Lipinski definition) is 3. The van der Waals surface area contributed by atoms with E-state index in [1.807, 2.05) is 6.07 Å². The number of unbranched alkanes of at least 4 members (excludes halogenated alkanes) is 1. The molecule has 0 N–H and O–H groups in total. The maximum absolute atomic E-state index is 10.6. The van der Waals surface area contributed by atoms with Crippen molar-refractivity contribution in [1.82, 2.24) is 9.80 Å².